The molecule has 0 heterocycles. The third-order valence-corrected chi connectivity index (χ3v) is 5.77. The lowest BCUT2D eigenvalue weighted by Crippen LogP contribution is -2.08. The first-order valence-electron chi connectivity index (χ1n) is 11.1. The highest BCUT2D eigenvalue weighted by Crippen LogP contribution is 2.37. The number of ether oxygens (including phenoxy) is 1. The maximum absolute atomic E-state index is 11.0. The molecule has 0 amide bonds. The number of nitrogens with zero attached hydrogens (tertiary/aromatic N) is 4. The van der Waals surface area contributed by atoms with E-state index < -0.39 is 26.5 Å². The summed E-state index contributed by atoms with van der Waals surface area (Å²) in [6, 6.07) is 16.5. The normalized spacial score (nSPS) is 11.4. The minimum absolute atomic E-state index is 0.0562. The van der Waals surface area contributed by atoms with Gasteiger partial charge in [0.05, 0.1) is 29.4 Å². The number of hydrogen-bond acceptors (Lipinski definition) is 11. The molecule has 0 fully saturated rings. The Morgan fingerprint density at radius 2 is 1.34 bits per heavy atom. The summed E-state index contributed by atoms with van der Waals surface area (Å²) in [5.74, 6) is -0.0308. The van der Waals surface area contributed by atoms with Crippen molar-refractivity contribution in [1.82, 2.24) is 0 Å². The average Bonchev–Trinajstić information content (AvgIpc) is 2.83. The van der Waals surface area contributed by atoms with Crippen LogP contribution in [-0.2, 0) is 20.7 Å². The van der Waals surface area contributed by atoms with Gasteiger partial charge in [-0.15, -0.1) is 17.7 Å². The van der Waals surface area contributed by atoms with Crippen molar-refractivity contribution in [2.24, 2.45) is 20.5 Å². The summed E-state index contributed by atoms with van der Waals surface area (Å²) in [6.07, 6.45) is 0.112. The molecule has 0 bridgehead atoms. The van der Waals surface area contributed by atoms with Gasteiger partial charge in [-0.2, -0.15) is 23.8 Å². The lowest BCUT2D eigenvalue weighted by Gasteiger charge is -2.11. The van der Waals surface area contributed by atoms with Crippen LogP contribution in [0, 0.1) is 20.8 Å². The first-order valence-corrected chi connectivity index (χ1v) is 13.7. The summed E-state index contributed by atoms with van der Waals surface area (Å²) in [5, 5.41) is 17.3. The van der Waals surface area contributed by atoms with E-state index in [2.05, 4.69) is 20.5 Å². The first kappa shape index (κ1) is 30.2. The second-order valence-electron chi connectivity index (χ2n) is 8.03. The average molecular weight is 562 g/mol. The number of rotatable bonds is 9. The van der Waals surface area contributed by atoms with Crippen LogP contribution in [0.3, 0.4) is 0 Å². The molecule has 0 aromatic heterocycles. The Kier molecular flexibility index (Phi) is 11.2. The highest BCUT2D eigenvalue weighted by Gasteiger charge is 2.11. The Morgan fingerprint density at radius 1 is 0.816 bits per heavy atom. The Balaban J connectivity index is 0.00000118. The molecule has 3 rings (SSSR count). The molecule has 3 N–H and O–H groups in total. The largest absolute Gasteiger partial charge is 0.491 e. The molecule has 0 saturated carbocycles. The van der Waals surface area contributed by atoms with Gasteiger partial charge in [0.15, 0.2) is 0 Å². The third kappa shape index (κ3) is 10.5. The SMILES string of the molecule is Cc1cc(N=Nc2cc(C)c(N=Nc3ccccc3)cc2OCCCS(=O)(=O)O)c(C)cc1N.O=S(=O)=O. The minimum atomic E-state index is -4.07. The summed E-state index contributed by atoms with van der Waals surface area (Å²) in [4.78, 5) is 0. The standard InChI is InChI=1S/C24H27N5O4S.O3S/c1-16-13-21(17(2)12-20(16)25)28-29-23-14-18(3)22(27-26-19-8-5-4-6-9-19)15-24(23)33-10-7-11-34(30,31)32;1-4(2)3/h4-6,8-9,12-15H,7,10-11,25H2,1-3H3,(H,30,31,32);. The highest BCUT2D eigenvalue weighted by molar-refractivity contribution is 7.85. The van der Waals surface area contributed by atoms with E-state index in [0.717, 1.165) is 16.7 Å². The number of anilines is 1. The maximum atomic E-state index is 11.0. The van der Waals surface area contributed by atoms with Crippen molar-refractivity contribution < 1.29 is 30.3 Å². The zero-order valence-electron chi connectivity index (χ0n) is 20.9. The van der Waals surface area contributed by atoms with Crippen LogP contribution >= 0.6 is 0 Å². The van der Waals surface area contributed by atoms with Crippen LogP contribution in [0.5, 0.6) is 5.75 Å². The van der Waals surface area contributed by atoms with Crippen LogP contribution in [0.4, 0.5) is 28.4 Å². The molecule has 202 valence electrons. The van der Waals surface area contributed by atoms with Gasteiger partial charge in [0.25, 0.3) is 10.1 Å². The number of nitrogen functional groups attached to an aromatic ring is 1. The number of benzene rings is 3. The van der Waals surface area contributed by atoms with E-state index in [1.807, 2.05) is 63.2 Å². The summed E-state index contributed by atoms with van der Waals surface area (Å²) in [5.41, 5.74) is 11.6. The maximum Gasteiger partial charge on any atom is 0.425 e. The molecule has 12 nitrogen and oxygen atoms in total. The minimum Gasteiger partial charge on any atom is -0.491 e. The van der Waals surface area contributed by atoms with E-state index in [-0.39, 0.29) is 13.0 Å². The van der Waals surface area contributed by atoms with Crippen molar-refractivity contribution in [3.63, 3.8) is 0 Å². The monoisotopic (exact) mass is 561 g/mol. The molecule has 0 atom stereocenters. The van der Waals surface area contributed by atoms with E-state index in [1.165, 1.54) is 0 Å². The number of nitrogens with two attached hydrogens (primary N) is 1. The first-order chi connectivity index (χ1) is 17.9. The Bertz CT molecular complexity index is 1530. The molecule has 3 aromatic rings. The van der Waals surface area contributed by atoms with E-state index in [4.69, 9.17) is 27.6 Å². The second-order valence-corrected chi connectivity index (χ2v) is 10.0. The molecule has 0 saturated heterocycles. The van der Waals surface area contributed by atoms with Gasteiger partial charge in [-0.05, 0) is 74.2 Å². The van der Waals surface area contributed by atoms with Crippen molar-refractivity contribution in [3.8, 4) is 5.75 Å². The molecule has 38 heavy (non-hydrogen) atoms. The number of azo groups is 2. The Morgan fingerprint density at radius 3 is 1.97 bits per heavy atom. The van der Waals surface area contributed by atoms with E-state index in [1.54, 1.807) is 12.1 Å². The van der Waals surface area contributed by atoms with Gasteiger partial charge in [0.1, 0.15) is 11.4 Å². The van der Waals surface area contributed by atoms with Crippen molar-refractivity contribution in [1.29, 1.82) is 0 Å². The zero-order valence-corrected chi connectivity index (χ0v) is 22.5. The molecule has 14 heteroatoms. The molecule has 0 radical (unpaired) electrons. The topological polar surface area (TPSA) is 190 Å². The van der Waals surface area contributed by atoms with Crippen molar-refractivity contribution in [2.75, 3.05) is 18.1 Å². The van der Waals surface area contributed by atoms with Crippen LogP contribution in [0.1, 0.15) is 23.1 Å². The van der Waals surface area contributed by atoms with E-state index in [0.29, 0.717) is 34.2 Å². The third-order valence-electron chi connectivity index (χ3n) is 4.96. The quantitative estimate of drug-likeness (QED) is 0.144. The van der Waals surface area contributed by atoms with Gasteiger partial charge in [-0.3, -0.25) is 4.55 Å². The van der Waals surface area contributed by atoms with Gasteiger partial charge in [0, 0.05) is 11.8 Å². The van der Waals surface area contributed by atoms with E-state index >= 15 is 0 Å². The Labute approximate surface area is 222 Å². The van der Waals surface area contributed by atoms with Gasteiger partial charge >= 0.3 is 10.6 Å². The molecule has 0 unspecified atom stereocenters. The fraction of sp³-hybridized carbons (Fsp3) is 0.250. The summed E-state index contributed by atoms with van der Waals surface area (Å²) in [7, 11) is -7.18. The smallest absolute Gasteiger partial charge is 0.425 e. The molecule has 0 aliphatic rings. The Hall–Kier alpha value is -4.01. The fourth-order valence-corrected chi connectivity index (χ4v) is 3.51. The predicted octanol–water partition coefficient (Wildman–Crippen LogP) is 5.68. The lowest BCUT2D eigenvalue weighted by molar-refractivity contribution is 0.317. The van der Waals surface area contributed by atoms with Crippen LogP contribution in [0.2, 0.25) is 0 Å². The summed E-state index contributed by atoms with van der Waals surface area (Å²) >= 11 is 0. The molecular weight excluding hydrogens is 534 g/mol. The molecule has 0 aliphatic carbocycles. The van der Waals surface area contributed by atoms with Crippen molar-refractivity contribution in [2.45, 2.75) is 27.2 Å². The van der Waals surface area contributed by atoms with Crippen LogP contribution in [-0.4, -0.2) is 38.0 Å². The molecule has 0 spiro atoms. The number of hydrogen-bond donors (Lipinski definition) is 2. The second kappa shape index (κ2) is 14.1. The van der Waals surface area contributed by atoms with Gasteiger partial charge in [-0.1, -0.05) is 18.2 Å². The van der Waals surface area contributed by atoms with Gasteiger partial charge in [0.2, 0.25) is 0 Å². The van der Waals surface area contributed by atoms with Crippen LogP contribution in [0.25, 0.3) is 0 Å². The van der Waals surface area contributed by atoms with Crippen molar-refractivity contribution >= 4 is 49.2 Å². The lowest BCUT2D eigenvalue weighted by atomic mass is 10.1. The van der Waals surface area contributed by atoms with Crippen molar-refractivity contribution in [3.05, 3.63) is 71.3 Å². The predicted molar refractivity (Wildman–Crippen MR) is 143 cm³/mol. The van der Waals surface area contributed by atoms with Gasteiger partial charge in [-0.25, -0.2) is 0 Å². The number of aryl methyl sites for hydroxylation is 3. The zero-order chi connectivity index (χ0) is 28.3. The van der Waals surface area contributed by atoms with E-state index in [9.17, 15) is 8.42 Å². The summed E-state index contributed by atoms with van der Waals surface area (Å²) < 4.78 is 62.1. The fourth-order valence-electron chi connectivity index (χ4n) is 3.03. The van der Waals surface area contributed by atoms with Crippen LogP contribution in [0.15, 0.2) is 75.1 Å². The van der Waals surface area contributed by atoms with Crippen LogP contribution < -0.4 is 10.5 Å². The molecule has 3 aromatic carbocycles. The highest BCUT2D eigenvalue weighted by atomic mass is 32.2. The molecule has 0 aliphatic heterocycles. The van der Waals surface area contributed by atoms with Gasteiger partial charge < -0.3 is 10.5 Å². The molecular formula is C24H27N5O7S2. The summed E-state index contributed by atoms with van der Waals surface area (Å²) in [6.45, 7) is 5.73.